The molecule has 0 saturated carbocycles. The Labute approximate surface area is 140 Å². The van der Waals surface area contributed by atoms with Crippen LogP contribution in [0.2, 0.25) is 0 Å². The molecule has 9 heteroatoms. The summed E-state index contributed by atoms with van der Waals surface area (Å²) >= 11 is 0. The highest BCUT2D eigenvalue weighted by molar-refractivity contribution is 5.93. The Morgan fingerprint density at radius 3 is 2.60 bits per heavy atom. The Morgan fingerprint density at radius 1 is 1.20 bits per heavy atom. The maximum atomic E-state index is 13.3. The van der Waals surface area contributed by atoms with Gasteiger partial charge in [0.2, 0.25) is 0 Å². The maximum absolute atomic E-state index is 13.3. The van der Waals surface area contributed by atoms with E-state index in [1.807, 2.05) is 0 Å². The molecule has 0 radical (unpaired) electrons. The highest BCUT2D eigenvalue weighted by atomic mass is 19.4. The van der Waals surface area contributed by atoms with E-state index in [-0.39, 0.29) is 23.8 Å². The summed E-state index contributed by atoms with van der Waals surface area (Å²) in [6, 6.07) is 9.45. The van der Waals surface area contributed by atoms with Crippen LogP contribution in [0.3, 0.4) is 0 Å². The number of aliphatic imine (C=N–C) groups is 1. The normalized spacial score (nSPS) is 12.1. The van der Waals surface area contributed by atoms with Crippen molar-refractivity contribution >= 4 is 11.6 Å². The summed E-state index contributed by atoms with van der Waals surface area (Å²) in [5.74, 6) is -1.13. The second kappa shape index (κ2) is 7.84. The Morgan fingerprint density at radius 2 is 1.92 bits per heavy atom. The molecule has 4 N–H and O–H groups in total. The topological polar surface area (TPSA) is 79.9 Å². The molecule has 0 aromatic heterocycles. The quantitative estimate of drug-likeness (QED) is 0.436. The lowest BCUT2D eigenvalue weighted by Crippen LogP contribution is -2.24. The van der Waals surface area contributed by atoms with E-state index >= 15 is 0 Å². The summed E-state index contributed by atoms with van der Waals surface area (Å²) in [7, 11) is 0. The largest absolute Gasteiger partial charge is 0.573 e. The summed E-state index contributed by atoms with van der Waals surface area (Å²) in [4.78, 5) is 3.97. The number of guanidine groups is 1. The highest BCUT2D eigenvalue weighted by Gasteiger charge is 2.32. The number of nitrogens with two attached hydrogens (primary N) is 1. The van der Waals surface area contributed by atoms with Crippen molar-refractivity contribution in [3.8, 4) is 5.75 Å². The summed E-state index contributed by atoms with van der Waals surface area (Å²) in [6.45, 7) is -0.409. The van der Waals surface area contributed by atoms with E-state index in [9.17, 15) is 17.6 Å². The Kier molecular flexibility index (Phi) is 5.81. The van der Waals surface area contributed by atoms with Gasteiger partial charge in [-0.1, -0.05) is 18.2 Å². The molecule has 5 nitrogen and oxygen atoms in total. The van der Waals surface area contributed by atoms with Crippen LogP contribution in [0.15, 0.2) is 47.5 Å². The van der Waals surface area contributed by atoms with Gasteiger partial charge >= 0.3 is 6.36 Å². The van der Waals surface area contributed by atoms with E-state index in [4.69, 9.17) is 10.8 Å². The van der Waals surface area contributed by atoms with E-state index in [1.54, 1.807) is 0 Å². The zero-order valence-electron chi connectivity index (χ0n) is 12.8. The van der Waals surface area contributed by atoms with E-state index in [0.29, 0.717) is 5.56 Å². The van der Waals surface area contributed by atoms with Gasteiger partial charge in [0, 0.05) is 5.56 Å². The van der Waals surface area contributed by atoms with Crippen molar-refractivity contribution in [3.05, 3.63) is 59.4 Å². The third-order valence-corrected chi connectivity index (χ3v) is 3.09. The molecule has 25 heavy (non-hydrogen) atoms. The molecule has 134 valence electrons. The first-order valence-electron chi connectivity index (χ1n) is 7.08. The van der Waals surface area contributed by atoms with Crippen molar-refractivity contribution in [2.75, 3.05) is 5.32 Å². The van der Waals surface area contributed by atoms with Crippen LogP contribution < -0.4 is 15.8 Å². The van der Waals surface area contributed by atoms with Crippen molar-refractivity contribution < 1.29 is 27.4 Å². The zero-order chi connectivity index (χ0) is 18.4. The van der Waals surface area contributed by atoms with Crippen molar-refractivity contribution in [2.24, 2.45) is 10.7 Å². The number of benzene rings is 2. The number of nitrogens with one attached hydrogen (secondary N) is 1. The summed E-state index contributed by atoms with van der Waals surface area (Å²) in [6.07, 6.45) is -4.83. The van der Waals surface area contributed by atoms with Gasteiger partial charge in [0.15, 0.2) is 11.7 Å². The molecule has 2 aromatic carbocycles. The Balaban J connectivity index is 2.09. The second-order valence-electron chi connectivity index (χ2n) is 4.95. The van der Waals surface area contributed by atoms with Crippen molar-refractivity contribution in [1.82, 2.24) is 0 Å². The highest BCUT2D eigenvalue weighted by Crippen LogP contribution is 2.29. The molecule has 0 aliphatic rings. The molecule has 0 heterocycles. The monoisotopic (exact) mass is 357 g/mol. The molecule has 0 bridgehead atoms. The first kappa shape index (κ1) is 18.5. The number of aliphatic hydroxyl groups excluding tert-OH is 1. The average Bonchev–Trinajstić information content (AvgIpc) is 2.54. The molecule has 2 rings (SSSR count). The fraction of sp³-hybridized carbons (Fsp3) is 0.188. The number of nitrogens with zero attached hydrogens (tertiary/aromatic N) is 1. The number of hydrogen-bond donors (Lipinski definition) is 3. The second-order valence-corrected chi connectivity index (χ2v) is 4.95. The number of alkyl halides is 3. The van der Waals surface area contributed by atoms with Crippen molar-refractivity contribution in [3.63, 3.8) is 0 Å². The van der Waals surface area contributed by atoms with Gasteiger partial charge in [-0.05, 0) is 29.8 Å². The molecule has 0 fully saturated rings. The van der Waals surface area contributed by atoms with Gasteiger partial charge in [-0.2, -0.15) is 0 Å². The Hall–Kier alpha value is -2.81. The van der Waals surface area contributed by atoms with E-state index in [2.05, 4.69) is 15.0 Å². The van der Waals surface area contributed by atoms with Crippen molar-refractivity contribution in [1.29, 1.82) is 0 Å². The lowest BCUT2D eigenvalue weighted by Gasteiger charge is -2.14. The molecule has 0 amide bonds. The zero-order valence-corrected chi connectivity index (χ0v) is 12.8. The smallest absolute Gasteiger partial charge is 0.404 e. The number of anilines is 1. The van der Waals surface area contributed by atoms with Gasteiger partial charge < -0.3 is 20.9 Å². The summed E-state index contributed by atoms with van der Waals surface area (Å²) < 4.78 is 54.3. The van der Waals surface area contributed by atoms with Gasteiger partial charge in [0.1, 0.15) is 5.82 Å². The van der Waals surface area contributed by atoms with Crippen LogP contribution in [0, 0.1) is 5.82 Å². The number of aliphatic hydroxyl groups is 1. The van der Waals surface area contributed by atoms with E-state index in [1.165, 1.54) is 36.4 Å². The van der Waals surface area contributed by atoms with Gasteiger partial charge in [-0.15, -0.1) is 13.2 Å². The maximum Gasteiger partial charge on any atom is 0.573 e. The van der Waals surface area contributed by atoms with Crippen LogP contribution in [-0.4, -0.2) is 17.4 Å². The van der Waals surface area contributed by atoms with E-state index in [0.717, 1.165) is 6.07 Å². The predicted molar refractivity (Wildman–Crippen MR) is 84.4 cm³/mol. The minimum Gasteiger partial charge on any atom is -0.404 e. The molecule has 0 aliphatic heterocycles. The number of ether oxygens (including phenoxy) is 1. The molecule has 0 aliphatic carbocycles. The first-order valence-corrected chi connectivity index (χ1v) is 7.08. The standard InChI is InChI=1S/C16H15F4N3O2/c17-12-6-5-10(7-11(12)9-24)8-22-15(21)23-13-3-1-2-4-14(13)25-16(18,19)20/h1-7,24H,8-9H2,(H3,21,22,23). The molecule has 0 unspecified atom stereocenters. The van der Waals surface area contributed by atoms with Crippen LogP contribution in [0.4, 0.5) is 23.2 Å². The summed E-state index contributed by atoms with van der Waals surface area (Å²) in [5, 5.41) is 11.5. The minimum absolute atomic E-state index is 0.00349. The van der Waals surface area contributed by atoms with Crippen molar-refractivity contribution in [2.45, 2.75) is 19.5 Å². The van der Waals surface area contributed by atoms with Crippen LogP contribution in [0.5, 0.6) is 5.75 Å². The number of para-hydroxylation sites is 2. The number of rotatable bonds is 5. The third kappa shape index (κ3) is 5.64. The number of hydrogen-bond acceptors (Lipinski definition) is 3. The van der Waals surface area contributed by atoms with Crippen LogP contribution in [0.25, 0.3) is 0 Å². The van der Waals surface area contributed by atoms with Gasteiger partial charge in [0.05, 0.1) is 18.8 Å². The fourth-order valence-electron chi connectivity index (χ4n) is 1.99. The fourth-order valence-corrected chi connectivity index (χ4v) is 1.99. The van der Waals surface area contributed by atoms with Gasteiger partial charge in [-0.25, -0.2) is 9.38 Å². The third-order valence-electron chi connectivity index (χ3n) is 3.09. The number of halogens is 4. The predicted octanol–water partition coefficient (Wildman–Crippen LogP) is 3.14. The molecule has 2 aromatic rings. The molecule has 0 saturated heterocycles. The van der Waals surface area contributed by atoms with Crippen LogP contribution in [0.1, 0.15) is 11.1 Å². The first-order chi connectivity index (χ1) is 11.8. The van der Waals surface area contributed by atoms with Crippen LogP contribution >= 0.6 is 0 Å². The minimum atomic E-state index is -4.83. The molecule has 0 atom stereocenters. The molecular weight excluding hydrogens is 342 g/mol. The summed E-state index contributed by atoms with van der Waals surface area (Å²) in [5.41, 5.74) is 6.35. The molecule has 0 spiro atoms. The molecular formula is C16H15F4N3O2. The lowest BCUT2D eigenvalue weighted by molar-refractivity contribution is -0.274. The van der Waals surface area contributed by atoms with Gasteiger partial charge in [0.25, 0.3) is 0 Å². The van der Waals surface area contributed by atoms with Crippen LogP contribution in [-0.2, 0) is 13.2 Å². The lowest BCUT2D eigenvalue weighted by atomic mass is 10.1. The average molecular weight is 357 g/mol. The SMILES string of the molecule is NC(=NCc1ccc(F)c(CO)c1)Nc1ccccc1OC(F)(F)F. The van der Waals surface area contributed by atoms with Gasteiger partial charge in [-0.3, -0.25) is 0 Å². The Bertz CT molecular complexity index is 763. The van der Waals surface area contributed by atoms with E-state index < -0.39 is 24.5 Å².